The average Bonchev–Trinajstić information content (AvgIpc) is 2.78. The van der Waals surface area contributed by atoms with Crippen LogP contribution < -0.4 is 24.6 Å². The molecule has 1 heterocycles. The number of hydrogen-bond donors (Lipinski definition) is 1. The van der Waals surface area contributed by atoms with Crippen LogP contribution in [-0.4, -0.2) is 45.2 Å². The van der Waals surface area contributed by atoms with Gasteiger partial charge in [-0.15, -0.1) is 0 Å². The second-order valence-corrected chi connectivity index (χ2v) is 6.75. The van der Waals surface area contributed by atoms with Gasteiger partial charge in [0.25, 0.3) is 11.8 Å². The van der Waals surface area contributed by atoms with E-state index in [0.29, 0.717) is 22.7 Å². The number of ether oxygens (including phenoxy) is 2. The summed E-state index contributed by atoms with van der Waals surface area (Å²) in [7, 11) is 3.05. The second kappa shape index (κ2) is 9.34. The molecule has 0 spiro atoms. The van der Waals surface area contributed by atoms with Gasteiger partial charge in [0.05, 0.1) is 19.9 Å². The van der Waals surface area contributed by atoms with Crippen molar-refractivity contribution in [3.05, 3.63) is 53.6 Å². The minimum absolute atomic E-state index is 0.163. The molecule has 0 aromatic heterocycles. The van der Waals surface area contributed by atoms with Crippen LogP contribution in [0, 0.1) is 0 Å². The normalized spacial score (nSPS) is 15.2. The summed E-state index contributed by atoms with van der Waals surface area (Å²) in [5.74, 6) is -0.368. The summed E-state index contributed by atoms with van der Waals surface area (Å²) in [5, 5.41) is 2.22. The van der Waals surface area contributed by atoms with Crippen LogP contribution in [0.2, 0.25) is 0 Å². The molecule has 1 aliphatic heterocycles. The van der Waals surface area contributed by atoms with E-state index in [-0.39, 0.29) is 5.57 Å². The van der Waals surface area contributed by atoms with Gasteiger partial charge in [0.2, 0.25) is 0 Å². The number of nitrogens with zero attached hydrogens (tertiary/aromatic N) is 2. The lowest BCUT2D eigenvalue weighted by Crippen LogP contribution is -2.54. The van der Waals surface area contributed by atoms with E-state index in [2.05, 4.69) is 24.1 Å². The minimum atomic E-state index is -0.804. The Bertz CT molecular complexity index is 1030. The molecule has 0 radical (unpaired) electrons. The quantitative estimate of drug-likeness (QED) is 0.544. The Morgan fingerprint density at radius 2 is 1.65 bits per heavy atom. The molecule has 31 heavy (non-hydrogen) atoms. The first kappa shape index (κ1) is 21.9. The van der Waals surface area contributed by atoms with Gasteiger partial charge < -0.3 is 14.4 Å². The number of amides is 4. The summed E-state index contributed by atoms with van der Waals surface area (Å²) in [6.45, 7) is 5.78. The maximum atomic E-state index is 13.1. The monoisotopic (exact) mass is 423 g/mol. The van der Waals surface area contributed by atoms with Crippen molar-refractivity contribution in [2.75, 3.05) is 37.1 Å². The zero-order chi connectivity index (χ0) is 22.5. The van der Waals surface area contributed by atoms with E-state index in [1.165, 1.54) is 20.3 Å². The Kier molecular flexibility index (Phi) is 6.59. The fourth-order valence-corrected chi connectivity index (χ4v) is 3.38. The van der Waals surface area contributed by atoms with Crippen LogP contribution in [0.4, 0.5) is 16.2 Å². The Morgan fingerprint density at radius 1 is 0.968 bits per heavy atom. The fourth-order valence-electron chi connectivity index (χ4n) is 3.38. The van der Waals surface area contributed by atoms with E-state index in [4.69, 9.17) is 9.47 Å². The first-order valence-electron chi connectivity index (χ1n) is 9.91. The van der Waals surface area contributed by atoms with Crippen LogP contribution in [-0.2, 0) is 9.59 Å². The molecular weight excluding hydrogens is 398 g/mol. The van der Waals surface area contributed by atoms with E-state index >= 15 is 0 Å². The number of benzene rings is 2. The smallest absolute Gasteiger partial charge is 0.335 e. The molecule has 1 saturated heterocycles. The van der Waals surface area contributed by atoms with Crippen molar-refractivity contribution in [1.29, 1.82) is 0 Å². The number of carbonyl (C=O) groups excluding carboxylic acids is 3. The lowest BCUT2D eigenvalue weighted by Gasteiger charge is -2.26. The van der Waals surface area contributed by atoms with E-state index < -0.39 is 17.8 Å². The topological polar surface area (TPSA) is 88.2 Å². The molecule has 8 heteroatoms. The van der Waals surface area contributed by atoms with Gasteiger partial charge in [0.1, 0.15) is 17.1 Å². The SMILES string of the molecule is CCN(CC)c1ccc(/C=C2\C(=O)NC(=O)N(c3ccc(OC)cc3)C2=O)c(OC)c1. The molecule has 0 aliphatic carbocycles. The molecule has 0 unspecified atom stereocenters. The van der Waals surface area contributed by atoms with E-state index in [9.17, 15) is 14.4 Å². The zero-order valence-electron chi connectivity index (χ0n) is 18.0. The van der Waals surface area contributed by atoms with Crippen LogP contribution in [0.5, 0.6) is 11.5 Å². The highest BCUT2D eigenvalue weighted by atomic mass is 16.5. The highest BCUT2D eigenvalue weighted by Gasteiger charge is 2.37. The van der Waals surface area contributed by atoms with E-state index in [1.54, 1.807) is 30.3 Å². The van der Waals surface area contributed by atoms with E-state index in [0.717, 1.165) is 23.7 Å². The summed E-state index contributed by atoms with van der Waals surface area (Å²) >= 11 is 0. The molecule has 0 saturated carbocycles. The van der Waals surface area contributed by atoms with Crippen LogP contribution in [0.1, 0.15) is 19.4 Å². The molecule has 1 fully saturated rings. The lowest BCUT2D eigenvalue weighted by atomic mass is 10.1. The number of barbiturate groups is 1. The summed E-state index contributed by atoms with van der Waals surface area (Å²) in [6.07, 6.45) is 1.44. The van der Waals surface area contributed by atoms with Crippen molar-refractivity contribution in [2.24, 2.45) is 0 Å². The lowest BCUT2D eigenvalue weighted by molar-refractivity contribution is -0.122. The highest BCUT2D eigenvalue weighted by Crippen LogP contribution is 2.29. The van der Waals surface area contributed by atoms with Crippen molar-refractivity contribution in [3.63, 3.8) is 0 Å². The van der Waals surface area contributed by atoms with Crippen molar-refractivity contribution >= 4 is 35.3 Å². The first-order chi connectivity index (χ1) is 14.9. The molecule has 3 rings (SSSR count). The van der Waals surface area contributed by atoms with Gasteiger partial charge in [-0.3, -0.25) is 14.9 Å². The third kappa shape index (κ3) is 4.37. The number of imide groups is 2. The minimum Gasteiger partial charge on any atom is -0.497 e. The van der Waals surface area contributed by atoms with Gasteiger partial charge in [-0.1, -0.05) is 0 Å². The molecule has 2 aromatic carbocycles. The van der Waals surface area contributed by atoms with Crippen LogP contribution >= 0.6 is 0 Å². The van der Waals surface area contributed by atoms with Crippen molar-refractivity contribution in [1.82, 2.24) is 5.32 Å². The van der Waals surface area contributed by atoms with Crippen LogP contribution in [0.25, 0.3) is 6.08 Å². The van der Waals surface area contributed by atoms with Gasteiger partial charge in [-0.25, -0.2) is 9.69 Å². The molecule has 1 N–H and O–H groups in total. The van der Waals surface area contributed by atoms with Crippen LogP contribution in [0.15, 0.2) is 48.0 Å². The van der Waals surface area contributed by atoms with Gasteiger partial charge in [0, 0.05) is 30.4 Å². The predicted molar refractivity (Wildman–Crippen MR) is 119 cm³/mol. The van der Waals surface area contributed by atoms with Gasteiger partial charge in [-0.05, 0) is 56.3 Å². The number of hydrogen-bond acceptors (Lipinski definition) is 6. The standard InChI is InChI=1S/C23H25N3O5/c1-5-25(6-2)17-8-7-15(20(14-17)31-4)13-19-21(27)24-23(29)26(22(19)28)16-9-11-18(30-3)12-10-16/h7-14H,5-6H2,1-4H3,(H,24,27,29)/b19-13+. The zero-order valence-corrected chi connectivity index (χ0v) is 18.0. The Hall–Kier alpha value is -3.81. The van der Waals surface area contributed by atoms with Crippen LogP contribution in [0.3, 0.4) is 0 Å². The summed E-state index contributed by atoms with van der Waals surface area (Å²) in [5.41, 5.74) is 1.69. The Balaban J connectivity index is 1.99. The number of nitrogens with one attached hydrogen (secondary N) is 1. The summed E-state index contributed by atoms with van der Waals surface area (Å²) in [6, 6.07) is 11.1. The highest BCUT2D eigenvalue weighted by molar-refractivity contribution is 6.39. The maximum Gasteiger partial charge on any atom is 0.335 e. The first-order valence-corrected chi connectivity index (χ1v) is 9.91. The van der Waals surface area contributed by atoms with Gasteiger partial charge in [-0.2, -0.15) is 0 Å². The Morgan fingerprint density at radius 3 is 2.23 bits per heavy atom. The number of carbonyl (C=O) groups is 3. The Labute approximate surface area is 181 Å². The number of urea groups is 1. The third-order valence-corrected chi connectivity index (χ3v) is 5.08. The molecular formula is C23H25N3O5. The molecule has 0 atom stereocenters. The van der Waals surface area contributed by atoms with Gasteiger partial charge in [0.15, 0.2) is 0 Å². The molecule has 8 nitrogen and oxygen atoms in total. The van der Waals surface area contributed by atoms with Crippen molar-refractivity contribution in [3.8, 4) is 11.5 Å². The van der Waals surface area contributed by atoms with Crippen molar-refractivity contribution < 1.29 is 23.9 Å². The van der Waals surface area contributed by atoms with E-state index in [1.807, 2.05) is 12.1 Å². The molecule has 4 amide bonds. The summed E-state index contributed by atoms with van der Waals surface area (Å²) < 4.78 is 10.6. The average molecular weight is 423 g/mol. The molecule has 2 aromatic rings. The summed E-state index contributed by atoms with van der Waals surface area (Å²) in [4.78, 5) is 41.0. The number of methoxy groups -OCH3 is 2. The number of anilines is 2. The fraction of sp³-hybridized carbons (Fsp3) is 0.261. The largest absolute Gasteiger partial charge is 0.497 e. The number of rotatable bonds is 7. The predicted octanol–water partition coefficient (Wildman–Crippen LogP) is 3.22. The molecule has 162 valence electrons. The second-order valence-electron chi connectivity index (χ2n) is 6.75. The van der Waals surface area contributed by atoms with Gasteiger partial charge >= 0.3 is 6.03 Å². The molecule has 1 aliphatic rings. The van der Waals surface area contributed by atoms with Crippen molar-refractivity contribution in [2.45, 2.75) is 13.8 Å². The third-order valence-electron chi connectivity index (χ3n) is 5.08. The maximum absolute atomic E-state index is 13.1. The molecule has 0 bridgehead atoms.